The zero-order valence-electron chi connectivity index (χ0n) is 14.4. The Labute approximate surface area is 153 Å². The molecule has 0 unspecified atom stereocenters. The predicted molar refractivity (Wildman–Crippen MR) is 97.0 cm³/mol. The molecule has 0 saturated carbocycles. The van der Waals surface area contributed by atoms with Crippen LogP contribution in [0.1, 0.15) is 23.2 Å². The van der Waals surface area contributed by atoms with Gasteiger partial charge in [0.1, 0.15) is 23.0 Å². The van der Waals surface area contributed by atoms with Gasteiger partial charge in [-0.05, 0) is 55.3 Å². The maximum absolute atomic E-state index is 14.6. The molecule has 3 N–H and O–H groups in total. The van der Waals surface area contributed by atoms with Crippen LogP contribution in [0.15, 0.2) is 36.5 Å². The maximum atomic E-state index is 14.6. The minimum atomic E-state index is -0.928. The average Bonchev–Trinajstić information content (AvgIpc) is 3.05. The van der Waals surface area contributed by atoms with Crippen molar-refractivity contribution in [1.29, 1.82) is 0 Å². The number of carbonyl (C=O) groups is 1. The summed E-state index contributed by atoms with van der Waals surface area (Å²) in [7, 11) is 0. The van der Waals surface area contributed by atoms with E-state index in [9.17, 15) is 18.0 Å². The number of aromatic nitrogens is 1. The molecule has 0 bridgehead atoms. The summed E-state index contributed by atoms with van der Waals surface area (Å²) >= 11 is 0. The number of aromatic amines is 1. The summed E-state index contributed by atoms with van der Waals surface area (Å²) in [6.07, 6.45) is 3.23. The van der Waals surface area contributed by atoms with Gasteiger partial charge in [0.2, 0.25) is 0 Å². The normalized spacial score (nSPS) is 17.2. The monoisotopic (exact) mass is 373 g/mol. The first-order valence-corrected chi connectivity index (χ1v) is 8.80. The fraction of sp³-hybridized carbons (Fsp3) is 0.250. The molecule has 4 rings (SSSR count). The van der Waals surface area contributed by atoms with Crippen molar-refractivity contribution in [3.05, 3.63) is 59.5 Å². The summed E-state index contributed by atoms with van der Waals surface area (Å²) in [5.74, 6) is -3.02. The molecule has 0 spiro atoms. The van der Waals surface area contributed by atoms with Gasteiger partial charge in [-0.25, -0.2) is 13.2 Å². The van der Waals surface area contributed by atoms with Gasteiger partial charge < -0.3 is 15.6 Å². The first kappa shape index (κ1) is 17.6. The quantitative estimate of drug-likeness (QED) is 0.655. The second-order valence-corrected chi connectivity index (χ2v) is 6.72. The van der Waals surface area contributed by atoms with Crippen molar-refractivity contribution < 1.29 is 18.0 Å². The number of piperidine rings is 1. The number of fused-ring (bicyclic) bond motifs is 1. The van der Waals surface area contributed by atoms with E-state index in [1.165, 1.54) is 12.1 Å². The fourth-order valence-corrected chi connectivity index (χ4v) is 3.52. The molecule has 0 radical (unpaired) electrons. The summed E-state index contributed by atoms with van der Waals surface area (Å²) in [6, 6.07) is 6.25. The van der Waals surface area contributed by atoms with Gasteiger partial charge in [-0.15, -0.1) is 0 Å². The highest BCUT2D eigenvalue weighted by Gasteiger charge is 2.23. The van der Waals surface area contributed by atoms with Crippen LogP contribution in [0.25, 0.3) is 22.0 Å². The number of H-pyrrole nitrogens is 1. The molecule has 140 valence electrons. The number of amides is 1. The van der Waals surface area contributed by atoms with Gasteiger partial charge in [0.05, 0.1) is 0 Å². The predicted octanol–water partition coefficient (Wildman–Crippen LogP) is 3.73. The average molecular weight is 373 g/mol. The van der Waals surface area contributed by atoms with Gasteiger partial charge in [0.25, 0.3) is 5.91 Å². The summed E-state index contributed by atoms with van der Waals surface area (Å²) in [5, 5.41) is 6.45. The van der Waals surface area contributed by atoms with Crippen LogP contribution >= 0.6 is 0 Å². The third-order valence-electron chi connectivity index (χ3n) is 4.86. The molecule has 1 amide bonds. The lowest BCUT2D eigenvalue weighted by Crippen LogP contribution is -2.46. The zero-order valence-corrected chi connectivity index (χ0v) is 14.4. The van der Waals surface area contributed by atoms with Crippen molar-refractivity contribution >= 4 is 16.8 Å². The lowest BCUT2D eigenvalue weighted by atomic mass is 10.0. The van der Waals surface area contributed by atoms with Crippen LogP contribution in [-0.4, -0.2) is 30.0 Å². The SMILES string of the molecule is O=C(N[C@H]1CCCNC1)c1c(F)cc(-c2c[nH]c3cc(F)ccc23)cc1F. The molecule has 1 aliphatic heterocycles. The van der Waals surface area contributed by atoms with E-state index in [0.717, 1.165) is 31.5 Å². The van der Waals surface area contributed by atoms with Crippen molar-refractivity contribution in [2.75, 3.05) is 13.1 Å². The smallest absolute Gasteiger partial charge is 0.257 e. The van der Waals surface area contributed by atoms with Gasteiger partial charge in [-0.1, -0.05) is 0 Å². The Kier molecular flexibility index (Phi) is 4.61. The molecule has 2 heterocycles. The number of rotatable bonds is 3. The second-order valence-electron chi connectivity index (χ2n) is 6.72. The Balaban J connectivity index is 1.66. The Morgan fingerprint density at radius 2 is 1.89 bits per heavy atom. The van der Waals surface area contributed by atoms with Crippen LogP contribution in [-0.2, 0) is 0 Å². The third-order valence-corrected chi connectivity index (χ3v) is 4.86. The molecule has 0 aliphatic carbocycles. The van der Waals surface area contributed by atoms with Crippen LogP contribution in [0.2, 0.25) is 0 Å². The second kappa shape index (κ2) is 7.08. The summed E-state index contributed by atoms with van der Waals surface area (Å²) in [5.41, 5.74) is 0.748. The third kappa shape index (κ3) is 3.42. The van der Waals surface area contributed by atoms with Crippen molar-refractivity contribution in [2.45, 2.75) is 18.9 Å². The van der Waals surface area contributed by atoms with Gasteiger partial charge in [0.15, 0.2) is 0 Å². The fourth-order valence-electron chi connectivity index (χ4n) is 3.52. The maximum Gasteiger partial charge on any atom is 0.257 e. The molecular weight excluding hydrogens is 355 g/mol. The van der Waals surface area contributed by atoms with E-state index in [2.05, 4.69) is 15.6 Å². The molecule has 1 fully saturated rings. The van der Waals surface area contributed by atoms with Gasteiger partial charge in [-0.3, -0.25) is 4.79 Å². The van der Waals surface area contributed by atoms with Crippen LogP contribution in [0.4, 0.5) is 13.2 Å². The topological polar surface area (TPSA) is 56.9 Å². The molecule has 1 aliphatic rings. The van der Waals surface area contributed by atoms with Crippen LogP contribution < -0.4 is 10.6 Å². The number of nitrogens with one attached hydrogen (secondary N) is 3. The molecule has 3 aromatic rings. The number of benzene rings is 2. The lowest BCUT2D eigenvalue weighted by molar-refractivity contribution is 0.0922. The highest BCUT2D eigenvalue weighted by Crippen LogP contribution is 2.31. The highest BCUT2D eigenvalue weighted by molar-refractivity contribution is 5.98. The molecule has 2 aromatic carbocycles. The molecule has 7 heteroatoms. The molecule has 4 nitrogen and oxygen atoms in total. The number of hydrogen-bond donors (Lipinski definition) is 3. The highest BCUT2D eigenvalue weighted by atomic mass is 19.1. The number of carbonyl (C=O) groups excluding carboxylic acids is 1. The molecule has 1 atom stereocenters. The van der Waals surface area contributed by atoms with E-state index in [1.807, 2.05) is 0 Å². The van der Waals surface area contributed by atoms with Crippen LogP contribution in [0.5, 0.6) is 0 Å². The van der Waals surface area contributed by atoms with E-state index in [4.69, 9.17) is 0 Å². The minimum absolute atomic E-state index is 0.145. The summed E-state index contributed by atoms with van der Waals surface area (Å²) in [4.78, 5) is 15.2. The van der Waals surface area contributed by atoms with E-state index in [-0.39, 0.29) is 11.6 Å². The Hall–Kier alpha value is -2.80. The Morgan fingerprint density at radius 1 is 1.11 bits per heavy atom. The lowest BCUT2D eigenvalue weighted by Gasteiger charge is -2.24. The van der Waals surface area contributed by atoms with Crippen molar-refractivity contribution in [2.24, 2.45) is 0 Å². The van der Waals surface area contributed by atoms with E-state index >= 15 is 0 Å². The summed E-state index contributed by atoms with van der Waals surface area (Å²) in [6.45, 7) is 1.46. The minimum Gasteiger partial charge on any atom is -0.360 e. The number of halogens is 3. The van der Waals surface area contributed by atoms with Crippen LogP contribution in [0.3, 0.4) is 0 Å². The molecule has 1 aromatic heterocycles. The standard InChI is InChI=1S/C20H18F3N3O/c21-12-3-4-14-15(10-25-18(14)8-12)11-6-16(22)19(17(23)7-11)20(27)26-13-2-1-5-24-9-13/h3-4,6-8,10,13,24-25H,1-2,5,9H2,(H,26,27)/t13-/m0/s1. The Morgan fingerprint density at radius 3 is 2.59 bits per heavy atom. The van der Waals surface area contributed by atoms with E-state index < -0.39 is 28.9 Å². The molecular formula is C20H18F3N3O. The summed E-state index contributed by atoms with van der Waals surface area (Å²) < 4.78 is 42.5. The van der Waals surface area contributed by atoms with Gasteiger partial charge in [0, 0.05) is 35.2 Å². The van der Waals surface area contributed by atoms with E-state index in [0.29, 0.717) is 23.0 Å². The van der Waals surface area contributed by atoms with Crippen molar-refractivity contribution in [3.8, 4) is 11.1 Å². The molecule has 27 heavy (non-hydrogen) atoms. The van der Waals surface area contributed by atoms with Crippen molar-refractivity contribution in [3.63, 3.8) is 0 Å². The number of hydrogen-bond acceptors (Lipinski definition) is 2. The van der Waals surface area contributed by atoms with Crippen molar-refractivity contribution in [1.82, 2.24) is 15.6 Å². The molecule has 1 saturated heterocycles. The van der Waals surface area contributed by atoms with Gasteiger partial charge in [-0.2, -0.15) is 0 Å². The Bertz CT molecular complexity index is 986. The zero-order chi connectivity index (χ0) is 19.0. The van der Waals surface area contributed by atoms with E-state index in [1.54, 1.807) is 12.3 Å². The first-order chi connectivity index (χ1) is 13.0. The van der Waals surface area contributed by atoms with Crippen LogP contribution in [0, 0.1) is 17.5 Å². The van der Waals surface area contributed by atoms with Gasteiger partial charge >= 0.3 is 0 Å². The first-order valence-electron chi connectivity index (χ1n) is 8.80. The largest absolute Gasteiger partial charge is 0.360 e.